The van der Waals surface area contributed by atoms with Crippen molar-refractivity contribution in [2.75, 3.05) is 13.2 Å². The molecule has 0 spiro atoms. The van der Waals surface area contributed by atoms with Gasteiger partial charge in [0.2, 0.25) is 0 Å². The van der Waals surface area contributed by atoms with Gasteiger partial charge in [0, 0.05) is 11.6 Å². The zero-order chi connectivity index (χ0) is 27.0. The van der Waals surface area contributed by atoms with Crippen LogP contribution >= 0.6 is 0 Å². The summed E-state index contributed by atoms with van der Waals surface area (Å²) in [7, 11) is 0. The summed E-state index contributed by atoms with van der Waals surface area (Å²) in [5.74, 6) is -0.865. The highest BCUT2D eigenvalue weighted by molar-refractivity contribution is 5.92. The minimum absolute atomic E-state index is 0.214. The lowest BCUT2D eigenvalue weighted by atomic mass is 10.1. The third-order valence-corrected chi connectivity index (χ3v) is 5.43. The molecule has 1 aromatic heterocycles. The van der Waals surface area contributed by atoms with Gasteiger partial charge >= 0.3 is 17.9 Å². The van der Waals surface area contributed by atoms with Crippen molar-refractivity contribution < 1.29 is 33.6 Å². The van der Waals surface area contributed by atoms with E-state index in [1.807, 2.05) is 0 Å². The van der Waals surface area contributed by atoms with Gasteiger partial charge in [-0.2, -0.15) is 0 Å². The molecular formula is C29H30N2O7. The predicted octanol–water partition coefficient (Wildman–Crippen LogP) is 5.52. The number of nitrogens with zero attached hydrogens (tertiary/aromatic N) is 2. The van der Waals surface area contributed by atoms with E-state index in [4.69, 9.17) is 9.47 Å². The van der Waals surface area contributed by atoms with E-state index in [1.54, 1.807) is 54.9 Å². The lowest BCUT2D eigenvalue weighted by Gasteiger charge is -2.07. The van der Waals surface area contributed by atoms with E-state index in [0.717, 1.165) is 38.5 Å². The number of hydrogen-bond donors (Lipinski definition) is 0. The van der Waals surface area contributed by atoms with Gasteiger partial charge in [0.1, 0.15) is 0 Å². The Hall–Kier alpha value is -4.53. The van der Waals surface area contributed by atoms with Crippen molar-refractivity contribution >= 4 is 17.9 Å². The van der Waals surface area contributed by atoms with Crippen LogP contribution in [0.3, 0.4) is 0 Å². The highest BCUT2D eigenvalue weighted by Crippen LogP contribution is 2.18. The molecule has 0 aliphatic carbocycles. The fourth-order valence-corrected chi connectivity index (χ4v) is 3.37. The topological polar surface area (TPSA) is 114 Å². The van der Waals surface area contributed by atoms with Crippen LogP contribution < -0.4 is 4.74 Å². The van der Waals surface area contributed by atoms with Crippen LogP contribution in [0.1, 0.15) is 59.2 Å². The molecule has 38 heavy (non-hydrogen) atoms. The van der Waals surface area contributed by atoms with E-state index in [9.17, 15) is 14.4 Å². The van der Waals surface area contributed by atoms with E-state index in [0.29, 0.717) is 30.4 Å². The number of ether oxygens (including phenoxy) is 2. The van der Waals surface area contributed by atoms with Gasteiger partial charge in [-0.3, -0.25) is 0 Å². The van der Waals surface area contributed by atoms with Crippen LogP contribution in [0.2, 0.25) is 0 Å². The van der Waals surface area contributed by atoms with Crippen molar-refractivity contribution in [1.29, 1.82) is 0 Å². The molecule has 9 heteroatoms. The molecule has 0 fully saturated rings. The van der Waals surface area contributed by atoms with Crippen LogP contribution in [0.4, 0.5) is 0 Å². The Morgan fingerprint density at radius 2 is 1.26 bits per heavy atom. The number of esters is 1. The van der Waals surface area contributed by atoms with E-state index >= 15 is 0 Å². The maximum absolute atomic E-state index is 12.2. The van der Waals surface area contributed by atoms with Crippen LogP contribution in [0.5, 0.6) is 5.75 Å². The van der Waals surface area contributed by atoms with Crippen LogP contribution in [0.25, 0.3) is 11.4 Å². The number of rotatable bonds is 14. The van der Waals surface area contributed by atoms with Gasteiger partial charge in [0.05, 0.1) is 36.7 Å². The van der Waals surface area contributed by atoms with Gasteiger partial charge in [-0.25, -0.2) is 34.1 Å². The average molecular weight is 519 g/mol. The minimum atomic E-state index is -0.792. The first-order valence-corrected chi connectivity index (χ1v) is 12.4. The Labute approximate surface area is 221 Å². The van der Waals surface area contributed by atoms with Crippen LogP contribution in [0, 0.1) is 0 Å². The number of hydrogen-bond acceptors (Lipinski definition) is 9. The molecule has 3 aromatic rings. The molecule has 2 aromatic carbocycles. The second-order valence-corrected chi connectivity index (χ2v) is 8.27. The van der Waals surface area contributed by atoms with Crippen molar-refractivity contribution in [2.45, 2.75) is 38.5 Å². The van der Waals surface area contributed by atoms with Crippen molar-refractivity contribution in [3.63, 3.8) is 0 Å². The molecule has 0 atom stereocenters. The monoisotopic (exact) mass is 518 g/mol. The first-order chi connectivity index (χ1) is 18.6. The summed E-state index contributed by atoms with van der Waals surface area (Å²) in [5.41, 5.74) is 1.19. The summed E-state index contributed by atoms with van der Waals surface area (Å²) in [6.45, 7) is 4.37. The van der Waals surface area contributed by atoms with Crippen molar-refractivity contribution in [3.05, 3.63) is 90.8 Å². The summed E-state index contributed by atoms with van der Waals surface area (Å²) in [6, 6.07) is 14.7. The molecular weight excluding hydrogens is 488 g/mol. The first kappa shape index (κ1) is 28.0. The predicted molar refractivity (Wildman–Crippen MR) is 139 cm³/mol. The van der Waals surface area contributed by atoms with Crippen molar-refractivity contribution in [3.8, 4) is 17.1 Å². The molecule has 0 aliphatic rings. The third-order valence-electron chi connectivity index (χ3n) is 5.43. The largest absolute Gasteiger partial charge is 0.490 e. The van der Waals surface area contributed by atoms with E-state index in [2.05, 4.69) is 26.3 Å². The molecule has 1 heterocycles. The molecule has 0 saturated heterocycles. The SMILES string of the molecule is C=CC(=O)OCCCCCCCCOc1cnc(-c2ccc(C(=O)OOC(=O)c3ccccc3)cc2)nc1. The summed E-state index contributed by atoms with van der Waals surface area (Å²) >= 11 is 0. The van der Waals surface area contributed by atoms with Gasteiger partial charge in [-0.1, -0.05) is 62.6 Å². The second kappa shape index (κ2) is 15.6. The fraction of sp³-hybridized carbons (Fsp3) is 0.276. The Kier molecular flexibility index (Phi) is 11.5. The normalized spacial score (nSPS) is 10.3. The van der Waals surface area contributed by atoms with E-state index in [1.165, 1.54) is 18.2 Å². The average Bonchev–Trinajstić information content (AvgIpc) is 2.97. The first-order valence-electron chi connectivity index (χ1n) is 12.4. The number of carbonyl (C=O) groups excluding carboxylic acids is 3. The van der Waals surface area contributed by atoms with Crippen molar-refractivity contribution in [2.24, 2.45) is 0 Å². The number of benzene rings is 2. The molecule has 3 rings (SSSR count). The smallest absolute Gasteiger partial charge is 0.386 e. The molecule has 0 N–H and O–H groups in total. The zero-order valence-electron chi connectivity index (χ0n) is 21.0. The maximum atomic E-state index is 12.2. The summed E-state index contributed by atoms with van der Waals surface area (Å²) in [6.07, 6.45) is 10.4. The molecule has 0 bridgehead atoms. The summed E-state index contributed by atoms with van der Waals surface area (Å²) in [5, 5.41) is 0. The number of aromatic nitrogens is 2. The number of carbonyl (C=O) groups is 3. The quantitative estimate of drug-likeness (QED) is 0.0894. The summed E-state index contributed by atoms with van der Waals surface area (Å²) < 4.78 is 10.7. The van der Waals surface area contributed by atoms with Gasteiger partial charge in [0.15, 0.2) is 11.6 Å². The van der Waals surface area contributed by atoms with Crippen LogP contribution in [0.15, 0.2) is 79.6 Å². The van der Waals surface area contributed by atoms with Gasteiger partial charge in [-0.05, 0) is 37.1 Å². The third kappa shape index (κ3) is 9.50. The minimum Gasteiger partial charge on any atom is -0.490 e. The molecule has 0 unspecified atom stereocenters. The Morgan fingerprint density at radius 1 is 0.711 bits per heavy atom. The Bertz CT molecular complexity index is 1180. The molecule has 0 amide bonds. The van der Waals surface area contributed by atoms with Gasteiger partial charge in [-0.15, -0.1) is 0 Å². The standard InChI is InChI=1S/C29H30N2O7/c1-2-26(32)36-19-11-6-4-3-5-10-18-35-25-20-30-27(31-21-25)22-14-16-24(17-15-22)29(34)38-37-28(33)23-12-8-7-9-13-23/h2,7-9,12-17,20-21H,1,3-6,10-11,18-19H2. The highest BCUT2D eigenvalue weighted by Gasteiger charge is 2.14. The number of unbranched alkanes of at least 4 members (excludes halogenated alkanes) is 5. The lowest BCUT2D eigenvalue weighted by Crippen LogP contribution is -2.11. The Balaban J connectivity index is 1.33. The zero-order valence-corrected chi connectivity index (χ0v) is 21.0. The van der Waals surface area contributed by atoms with Crippen LogP contribution in [-0.4, -0.2) is 41.1 Å². The van der Waals surface area contributed by atoms with E-state index < -0.39 is 11.9 Å². The van der Waals surface area contributed by atoms with Crippen molar-refractivity contribution in [1.82, 2.24) is 9.97 Å². The molecule has 198 valence electrons. The highest BCUT2D eigenvalue weighted by atomic mass is 17.2. The molecule has 0 saturated carbocycles. The molecule has 9 nitrogen and oxygen atoms in total. The fourth-order valence-electron chi connectivity index (χ4n) is 3.37. The van der Waals surface area contributed by atoms with E-state index in [-0.39, 0.29) is 17.1 Å². The summed E-state index contributed by atoms with van der Waals surface area (Å²) in [4.78, 5) is 52.9. The van der Waals surface area contributed by atoms with Crippen LogP contribution in [-0.2, 0) is 19.3 Å². The molecule has 0 aliphatic heterocycles. The second-order valence-electron chi connectivity index (χ2n) is 8.27. The molecule has 0 radical (unpaired) electrons. The van der Waals surface area contributed by atoms with Gasteiger partial charge < -0.3 is 9.47 Å². The Morgan fingerprint density at radius 3 is 1.87 bits per heavy atom. The maximum Gasteiger partial charge on any atom is 0.386 e. The lowest BCUT2D eigenvalue weighted by molar-refractivity contribution is -0.187. The van der Waals surface area contributed by atoms with Gasteiger partial charge in [0.25, 0.3) is 0 Å².